The van der Waals surface area contributed by atoms with Gasteiger partial charge in [-0.3, -0.25) is 4.72 Å². The van der Waals surface area contributed by atoms with Crippen molar-refractivity contribution in [2.24, 2.45) is 0 Å². The third kappa shape index (κ3) is 5.70. The quantitative estimate of drug-likeness (QED) is 0.296. The normalized spacial score (nSPS) is 11.5. The molecule has 2 aromatic carbocycles. The number of hydrogen-bond acceptors (Lipinski definition) is 7. The van der Waals surface area contributed by atoms with Gasteiger partial charge in [0.25, 0.3) is 10.0 Å². The number of halogens is 1. The van der Waals surface area contributed by atoms with Gasteiger partial charge in [0.05, 0.1) is 17.4 Å². The van der Waals surface area contributed by atoms with Crippen LogP contribution in [0.2, 0.25) is 5.15 Å². The zero-order valence-electron chi connectivity index (χ0n) is 17.3. The standard InChI is InChI=1S/C23H18ClN3O4S2/c1-30-17-10-5-6-11-18(17)31-20-21(24)25-22(19-12-7-14-32-19)26-23(20)27-33(28,29)15-13-16-8-3-2-4-9-16/h2-15H,1H3,(H,25,26,27). The molecule has 0 spiro atoms. The summed E-state index contributed by atoms with van der Waals surface area (Å²) in [7, 11) is -2.45. The summed E-state index contributed by atoms with van der Waals surface area (Å²) in [5, 5.41) is 2.86. The predicted octanol–water partition coefficient (Wildman–Crippen LogP) is 6.07. The van der Waals surface area contributed by atoms with E-state index in [9.17, 15) is 8.42 Å². The summed E-state index contributed by atoms with van der Waals surface area (Å²) in [4.78, 5) is 9.41. The van der Waals surface area contributed by atoms with Crippen LogP contribution in [0, 0.1) is 0 Å². The molecule has 0 amide bonds. The number of nitrogens with zero attached hydrogens (tertiary/aromatic N) is 2. The second kappa shape index (κ2) is 10.0. The van der Waals surface area contributed by atoms with Crippen LogP contribution < -0.4 is 14.2 Å². The first kappa shape index (κ1) is 22.8. The lowest BCUT2D eigenvalue weighted by Crippen LogP contribution is -2.12. The van der Waals surface area contributed by atoms with Crippen LogP contribution in [0.4, 0.5) is 5.82 Å². The number of ether oxygens (including phenoxy) is 2. The molecule has 0 unspecified atom stereocenters. The molecule has 4 aromatic rings. The lowest BCUT2D eigenvalue weighted by atomic mass is 10.2. The van der Waals surface area contributed by atoms with Crippen LogP contribution in [0.25, 0.3) is 16.8 Å². The van der Waals surface area contributed by atoms with Crippen LogP contribution in [-0.2, 0) is 10.0 Å². The molecule has 0 aliphatic rings. The lowest BCUT2D eigenvalue weighted by molar-refractivity contribution is 0.378. The van der Waals surface area contributed by atoms with Crippen molar-refractivity contribution in [1.82, 2.24) is 9.97 Å². The van der Waals surface area contributed by atoms with E-state index in [2.05, 4.69) is 14.7 Å². The van der Waals surface area contributed by atoms with Gasteiger partial charge in [0.1, 0.15) is 0 Å². The van der Waals surface area contributed by atoms with Gasteiger partial charge in [-0.05, 0) is 35.2 Å². The second-order valence-corrected chi connectivity index (χ2v) is 9.48. The van der Waals surface area contributed by atoms with Gasteiger partial charge in [-0.15, -0.1) is 11.3 Å². The first-order valence-electron chi connectivity index (χ1n) is 9.63. The maximum Gasteiger partial charge on any atom is 0.256 e. The fourth-order valence-corrected chi connectivity index (χ4v) is 4.49. The SMILES string of the molecule is COc1ccccc1Oc1c(Cl)nc(-c2cccs2)nc1NS(=O)(=O)C=Cc1ccccc1. The van der Waals surface area contributed by atoms with Gasteiger partial charge in [-0.2, -0.15) is 0 Å². The monoisotopic (exact) mass is 499 g/mol. The fourth-order valence-electron chi connectivity index (χ4n) is 2.81. The Morgan fingerprint density at radius 2 is 1.70 bits per heavy atom. The van der Waals surface area contributed by atoms with Gasteiger partial charge in [-0.25, -0.2) is 18.4 Å². The van der Waals surface area contributed by atoms with Crippen molar-refractivity contribution in [3.8, 4) is 28.0 Å². The molecule has 168 valence electrons. The van der Waals surface area contributed by atoms with Gasteiger partial charge >= 0.3 is 0 Å². The largest absolute Gasteiger partial charge is 0.493 e. The van der Waals surface area contributed by atoms with E-state index in [1.165, 1.54) is 24.5 Å². The summed E-state index contributed by atoms with van der Waals surface area (Å²) >= 11 is 7.83. The number of rotatable bonds is 8. The molecule has 0 saturated heterocycles. The van der Waals surface area contributed by atoms with Crippen molar-refractivity contribution < 1.29 is 17.9 Å². The van der Waals surface area contributed by atoms with Crippen LogP contribution >= 0.6 is 22.9 Å². The van der Waals surface area contributed by atoms with Gasteiger partial charge in [0, 0.05) is 0 Å². The molecule has 1 N–H and O–H groups in total. The first-order chi connectivity index (χ1) is 15.9. The molecule has 0 aliphatic heterocycles. The summed E-state index contributed by atoms with van der Waals surface area (Å²) in [5.41, 5.74) is 0.730. The maximum absolute atomic E-state index is 12.8. The number of nitrogens with one attached hydrogen (secondary N) is 1. The van der Waals surface area contributed by atoms with Crippen molar-refractivity contribution in [1.29, 1.82) is 0 Å². The summed E-state index contributed by atoms with van der Waals surface area (Å²) in [6, 6.07) is 19.6. The number of sulfonamides is 1. The van der Waals surface area contributed by atoms with E-state index in [1.54, 1.807) is 36.4 Å². The topological polar surface area (TPSA) is 90.4 Å². The van der Waals surface area contributed by atoms with Crippen molar-refractivity contribution in [2.45, 2.75) is 0 Å². The number of anilines is 1. The molecule has 0 atom stereocenters. The Kier molecular flexibility index (Phi) is 6.93. The van der Waals surface area contributed by atoms with Gasteiger partial charge < -0.3 is 9.47 Å². The number of methoxy groups -OCH3 is 1. The summed E-state index contributed by atoms with van der Waals surface area (Å²) in [6.07, 6.45) is 1.48. The minimum Gasteiger partial charge on any atom is -0.493 e. The van der Waals surface area contributed by atoms with E-state index >= 15 is 0 Å². The molecule has 33 heavy (non-hydrogen) atoms. The highest BCUT2D eigenvalue weighted by Crippen LogP contribution is 2.40. The van der Waals surface area contributed by atoms with Crippen molar-refractivity contribution in [2.75, 3.05) is 11.8 Å². The molecule has 0 fully saturated rings. The zero-order valence-corrected chi connectivity index (χ0v) is 19.7. The molecular formula is C23H18ClN3O4S2. The Balaban J connectivity index is 1.74. The van der Waals surface area contributed by atoms with E-state index in [-0.39, 0.29) is 22.5 Å². The molecule has 0 aliphatic carbocycles. The zero-order chi connectivity index (χ0) is 23.3. The number of benzene rings is 2. The highest BCUT2D eigenvalue weighted by Gasteiger charge is 2.21. The van der Waals surface area contributed by atoms with Crippen LogP contribution in [0.5, 0.6) is 17.2 Å². The maximum atomic E-state index is 12.8. The molecule has 0 bridgehead atoms. The van der Waals surface area contributed by atoms with Crippen LogP contribution in [-0.4, -0.2) is 25.5 Å². The Hall–Kier alpha value is -3.40. The molecule has 2 heterocycles. The minimum absolute atomic E-state index is 0.0434. The predicted molar refractivity (Wildman–Crippen MR) is 131 cm³/mol. The summed E-state index contributed by atoms with van der Waals surface area (Å²) in [5.74, 6) is 0.899. The lowest BCUT2D eigenvalue weighted by Gasteiger charge is -2.15. The molecule has 4 rings (SSSR count). The summed E-state index contributed by atoms with van der Waals surface area (Å²) < 4.78 is 39.3. The highest BCUT2D eigenvalue weighted by molar-refractivity contribution is 7.95. The second-order valence-electron chi connectivity index (χ2n) is 6.61. The van der Waals surface area contributed by atoms with E-state index in [1.807, 2.05) is 35.7 Å². The minimum atomic E-state index is -3.95. The Labute approximate surface area is 200 Å². The van der Waals surface area contributed by atoms with Gasteiger partial charge in [0.15, 0.2) is 28.3 Å². The number of aromatic nitrogens is 2. The molecular weight excluding hydrogens is 482 g/mol. The van der Waals surface area contributed by atoms with Crippen molar-refractivity contribution in [3.63, 3.8) is 0 Å². The van der Waals surface area contributed by atoms with E-state index in [0.29, 0.717) is 11.5 Å². The Morgan fingerprint density at radius 3 is 2.39 bits per heavy atom. The molecule has 2 aromatic heterocycles. The number of para-hydroxylation sites is 2. The van der Waals surface area contributed by atoms with Crippen molar-refractivity contribution in [3.05, 3.63) is 88.2 Å². The van der Waals surface area contributed by atoms with Crippen LogP contribution in [0.1, 0.15) is 5.56 Å². The Bertz CT molecular complexity index is 1380. The van der Waals surface area contributed by atoms with Crippen LogP contribution in [0.3, 0.4) is 0 Å². The van der Waals surface area contributed by atoms with Crippen molar-refractivity contribution >= 4 is 44.9 Å². The third-order valence-electron chi connectivity index (χ3n) is 4.33. The molecule has 0 saturated carbocycles. The average Bonchev–Trinajstić information content (AvgIpc) is 3.36. The van der Waals surface area contributed by atoms with Gasteiger partial charge in [-0.1, -0.05) is 60.1 Å². The Morgan fingerprint density at radius 1 is 0.970 bits per heavy atom. The first-order valence-corrected chi connectivity index (χ1v) is 12.4. The number of hydrogen-bond donors (Lipinski definition) is 1. The van der Waals surface area contributed by atoms with E-state index < -0.39 is 10.0 Å². The van der Waals surface area contributed by atoms with E-state index in [4.69, 9.17) is 21.1 Å². The third-order valence-corrected chi connectivity index (χ3v) is 6.42. The van der Waals surface area contributed by atoms with Gasteiger partial charge in [0.2, 0.25) is 5.75 Å². The van der Waals surface area contributed by atoms with E-state index in [0.717, 1.165) is 15.8 Å². The fraction of sp³-hybridized carbons (Fsp3) is 0.0435. The summed E-state index contributed by atoms with van der Waals surface area (Å²) in [6.45, 7) is 0. The highest BCUT2D eigenvalue weighted by atomic mass is 35.5. The average molecular weight is 500 g/mol. The van der Waals surface area contributed by atoms with Crippen LogP contribution in [0.15, 0.2) is 77.5 Å². The number of thiophene rings is 1. The molecule has 7 nitrogen and oxygen atoms in total. The smallest absolute Gasteiger partial charge is 0.256 e. The molecule has 10 heteroatoms. The molecule has 0 radical (unpaired) electrons.